The molecule has 0 saturated carbocycles. The second kappa shape index (κ2) is 5.81. The number of carbonyl (C=O) groups excluding carboxylic acids is 1. The van der Waals surface area contributed by atoms with E-state index in [1.165, 1.54) is 11.3 Å². The Morgan fingerprint density at radius 1 is 1.05 bits per heavy atom. The quantitative estimate of drug-likeness (QED) is 0.771. The van der Waals surface area contributed by atoms with Crippen molar-refractivity contribution >= 4 is 40.3 Å². The first kappa shape index (κ1) is 12.8. The number of pyridine rings is 1. The molecule has 0 atom stereocenters. The number of nitrogens with zero attached hydrogens (tertiary/aromatic N) is 2. The molecule has 20 heavy (non-hydrogen) atoms. The Bertz CT molecular complexity index is 694. The highest BCUT2D eigenvalue weighted by atomic mass is 32.1. The van der Waals surface area contributed by atoms with Crippen LogP contribution in [0.1, 0.15) is 0 Å². The summed E-state index contributed by atoms with van der Waals surface area (Å²) in [6.45, 7) is 0. The molecule has 0 spiro atoms. The van der Waals surface area contributed by atoms with E-state index < -0.39 is 0 Å². The third kappa shape index (κ3) is 3.01. The second-order valence-electron chi connectivity index (χ2n) is 3.81. The van der Waals surface area contributed by atoms with E-state index in [0.717, 1.165) is 9.88 Å². The Kier molecular flexibility index (Phi) is 3.71. The molecule has 7 heteroatoms. The van der Waals surface area contributed by atoms with Gasteiger partial charge in [0.15, 0.2) is 0 Å². The van der Waals surface area contributed by atoms with Crippen LogP contribution in [0.5, 0.6) is 0 Å². The highest BCUT2D eigenvalue weighted by Crippen LogP contribution is 2.29. The average Bonchev–Trinajstić information content (AvgIpc) is 3.10. The number of urea groups is 1. The molecule has 0 aliphatic carbocycles. The lowest BCUT2D eigenvalue weighted by molar-refractivity contribution is 0.262. The normalized spacial score (nSPS) is 10.2. The molecule has 0 aliphatic rings. The van der Waals surface area contributed by atoms with Gasteiger partial charge < -0.3 is 0 Å². The third-order valence-electron chi connectivity index (χ3n) is 2.38. The van der Waals surface area contributed by atoms with Crippen LogP contribution in [0.15, 0.2) is 47.3 Å². The number of carbonyl (C=O) groups is 1. The monoisotopic (exact) mass is 302 g/mol. The van der Waals surface area contributed by atoms with Gasteiger partial charge >= 0.3 is 6.03 Å². The largest absolute Gasteiger partial charge is 0.326 e. The number of hydrogen-bond acceptors (Lipinski definition) is 5. The van der Waals surface area contributed by atoms with E-state index in [9.17, 15) is 4.79 Å². The molecular weight excluding hydrogens is 292 g/mol. The number of rotatable bonds is 3. The van der Waals surface area contributed by atoms with Crippen LogP contribution >= 0.6 is 22.7 Å². The number of amides is 2. The Morgan fingerprint density at radius 2 is 1.95 bits per heavy atom. The second-order valence-corrected chi connectivity index (χ2v) is 5.62. The van der Waals surface area contributed by atoms with Gasteiger partial charge in [0, 0.05) is 11.6 Å². The number of thiazole rings is 1. The van der Waals surface area contributed by atoms with Crippen LogP contribution in [-0.4, -0.2) is 16.0 Å². The topological polar surface area (TPSA) is 66.9 Å². The van der Waals surface area contributed by atoms with E-state index in [1.807, 2.05) is 22.9 Å². The third-order valence-corrected chi connectivity index (χ3v) is 4.27. The lowest BCUT2D eigenvalue weighted by Crippen LogP contribution is -2.20. The first-order valence-corrected chi connectivity index (χ1v) is 7.55. The zero-order valence-electron chi connectivity index (χ0n) is 10.2. The minimum atomic E-state index is -0.355. The predicted molar refractivity (Wildman–Crippen MR) is 82.3 cm³/mol. The fourth-order valence-corrected chi connectivity index (χ4v) is 3.11. The lowest BCUT2D eigenvalue weighted by Gasteiger charge is -2.03. The van der Waals surface area contributed by atoms with E-state index in [0.29, 0.717) is 11.6 Å². The molecule has 3 heterocycles. The summed E-state index contributed by atoms with van der Waals surface area (Å²) in [6.07, 6.45) is 1.62. The Balaban J connectivity index is 1.65. The first-order valence-electron chi connectivity index (χ1n) is 5.80. The van der Waals surface area contributed by atoms with E-state index in [1.54, 1.807) is 35.7 Å². The minimum absolute atomic E-state index is 0.355. The van der Waals surface area contributed by atoms with Crippen molar-refractivity contribution in [3.05, 3.63) is 47.3 Å². The fourth-order valence-electron chi connectivity index (χ4n) is 1.55. The average molecular weight is 302 g/mol. The summed E-state index contributed by atoms with van der Waals surface area (Å²) in [5.74, 6) is 1.03. The van der Waals surface area contributed by atoms with Crippen LogP contribution < -0.4 is 10.6 Å². The summed E-state index contributed by atoms with van der Waals surface area (Å²) in [7, 11) is 0. The number of thiophene rings is 1. The molecule has 5 nitrogen and oxygen atoms in total. The van der Waals surface area contributed by atoms with E-state index in [4.69, 9.17) is 0 Å². The van der Waals surface area contributed by atoms with Crippen molar-refractivity contribution in [3.8, 4) is 9.88 Å². The highest BCUT2D eigenvalue weighted by molar-refractivity contribution is 7.20. The van der Waals surface area contributed by atoms with Crippen LogP contribution in [-0.2, 0) is 0 Å². The van der Waals surface area contributed by atoms with Crippen molar-refractivity contribution in [2.24, 2.45) is 0 Å². The van der Waals surface area contributed by atoms with E-state index in [-0.39, 0.29) is 6.03 Å². The van der Waals surface area contributed by atoms with E-state index >= 15 is 0 Å². The standard InChI is InChI=1S/C13H10N4OS2/c18-13(16-10-5-1-2-6-14-10)17-11-8-20-12(15-11)9-4-3-7-19-9/h1-8H,(H2,14,16,17,18). The zero-order valence-corrected chi connectivity index (χ0v) is 11.9. The molecular formula is C13H10N4OS2. The van der Waals surface area contributed by atoms with Crippen LogP contribution in [0, 0.1) is 0 Å². The molecule has 3 aromatic heterocycles. The molecule has 0 bridgehead atoms. The van der Waals surface area contributed by atoms with Crippen LogP contribution in [0.25, 0.3) is 9.88 Å². The maximum absolute atomic E-state index is 11.8. The fraction of sp³-hybridized carbons (Fsp3) is 0. The van der Waals surface area contributed by atoms with Gasteiger partial charge in [-0.05, 0) is 23.6 Å². The van der Waals surface area contributed by atoms with Gasteiger partial charge in [-0.3, -0.25) is 10.6 Å². The minimum Gasteiger partial charge on any atom is -0.292 e. The van der Waals surface area contributed by atoms with Crippen molar-refractivity contribution in [1.82, 2.24) is 9.97 Å². The van der Waals surface area contributed by atoms with Gasteiger partial charge in [-0.1, -0.05) is 12.1 Å². The summed E-state index contributed by atoms with van der Waals surface area (Å²) in [5.41, 5.74) is 0. The van der Waals surface area contributed by atoms with Gasteiger partial charge in [0.2, 0.25) is 0 Å². The van der Waals surface area contributed by atoms with Crippen LogP contribution in [0.4, 0.5) is 16.4 Å². The summed E-state index contributed by atoms with van der Waals surface area (Å²) in [4.78, 5) is 21.3. The zero-order chi connectivity index (χ0) is 13.8. The molecule has 0 unspecified atom stereocenters. The molecule has 0 aromatic carbocycles. The highest BCUT2D eigenvalue weighted by Gasteiger charge is 2.08. The smallest absolute Gasteiger partial charge is 0.292 e. The SMILES string of the molecule is O=C(Nc1ccccn1)Nc1csc(-c2cccs2)n1. The van der Waals surface area contributed by atoms with Gasteiger partial charge in [0.05, 0.1) is 4.88 Å². The Labute approximate surface area is 123 Å². The van der Waals surface area contributed by atoms with Gasteiger partial charge in [0.25, 0.3) is 0 Å². The van der Waals surface area contributed by atoms with Crippen molar-refractivity contribution in [2.75, 3.05) is 10.6 Å². The van der Waals surface area contributed by atoms with Gasteiger partial charge in [-0.15, -0.1) is 22.7 Å². The molecule has 0 aliphatic heterocycles. The molecule has 0 radical (unpaired) electrons. The molecule has 2 amide bonds. The summed E-state index contributed by atoms with van der Waals surface area (Å²) >= 11 is 3.12. The lowest BCUT2D eigenvalue weighted by atomic mass is 10.5. The number of anilines is 2. The molecule has 3 aromatic rings. The van der Waals surface area contributed by atoms with Crippen molar-refractivity contribution in [2.45, 2.75) is 0 Å². The maximum Gasteiger partial charge on any atom is 0.326 e. The summed E-state index contributed by atoms with van der Waals surface area (Å²) in [6, 6.07) is 8.94. The van der Waals surface area contributed by atoms with Gasteiger partial charge in [-0.2, -0.15) is 0 Å². The first-order chi connectivity index (χ1) is 9.81. The van der Waals surface area contributed by atoms with Gasteiger partial charge in [0.1, 0.15) is 16.6 Å². The van der Waals surface area contributed by atoms with Crippen LogP contribution in [0.3, 0.4) is 0 Å². The molecule has 3 rings (SSSR count). The molecule has 2 N–H and O–H groups in total. The summed E-state index contributed by atoms with van der Waals surface area (Å²) in [5, 5.41) is 10.0. The van der Waals surface area contributed by atoms with Crippen molar-refractivity contribution < 1.29 is 4.79 Å². The molecule has 100 valence electrons. The van der Waals surface area contributed by atoms with Crippen molar-refractivity contribution in [3.63, 3.8) is 0 Å². The predicted octanol–water partition coefficient (Wildman–Crippen LogP) is 3.91. The van der Waals surface area contributed by atoms with Crippen LogP contribution in [0.2, 0.25) is 0 Å². The Morgan fingerprint density at radius 3 is 2.70 bits per heavy atom. The van der Waals surface area contributed by atoms with Crippen molar-refractivity contribution in [1.29, 1.82) is 0 Å². The molecule has 0 saturated heterocycles. The van der Waals surface area contributed by atoms with E-state index in [2.05, 4.69) is 20.6 Å². The Hall–Kier alpha value is -2.25. The van der Waals surface area contributed by atoms with Gasteiger partial charge in [-0.25, -0.2) is 14.8 Å². The maximum atomic E-state index is 11.8. The number of aromatic nitrogens is 2. The number of nitrogens with one attached hydrogen (secondary N) is 2. The number of hydrogen-bond donors (Lipinski definition) is 2. The molecule has 0 fully saturated rings. The summed E-state index contributed by atoms with van der Waals surface area (Å²) < 4.78 is 0.